The molecule has 1 fully saturated rings. The van der Waals surface area contributed by atoms with Gasteiger partial charge in [0.15, 0.2) is 5.96 Å². The molecule has 0 aromatic heterocycles. The summed E-state index contributed by atoms with van der Waals surface area (Å²) in [6.45, 7) is 4.10. The van der Waals surface area contributed by atoms with Crippen LogP contribution in [0.2, 0.25) is 0 Å². The molecule has 0 amide bonds. The van der Waals surface area contributed by atoms with E-state index in [4.69, 9.17) is 0 Å². The van der Waals surface area contributed by atoms with Crippen LogP contribution >= 0.6 is 0 Å². The number of halogens is 2. The second-order valence-corrected chi connectivity index (χ2v) is 6.87. The number of hydrogen-bond acceptors (Lipinski definition) is 4. The van der Waals surface area contributed by atoms with E-state index < -0.39 is 12.7 Å². The summed E-state index contributed by atoms with van der Waals surface area (Å²) >= 11 is 0. The monoisotopic (exact) mass is 398 g/mol. The van der Waals surface area contributed by atoms with Crippen molar-refractivity contribution >= 4 is 5.96 Å². The zero-order valence-electron chi connectivity index (χ0n) is 16.5. The highest BCUT2D eigenvalue weighted by molar-refractivity contribution is 5.79. The lowest BCUT2D eigenvalue weighted by Crippen LogP contribution is -2.42. The average molecular weight is 398 g/mol. The van der Waals surface area contributed by atoms with Gasteiger partial charge in [-0.25, -0.2) is 0 Å². The molecule has 8 heteroatoms. The van der Waals surface area contributed by atoms with Crippen LogP contribution < -0.4 is 15.4 Å². The van der Waals surface area contributed by atoms with Crippen LogP contribution in [0.4, 0.5) is 8.78 Å². The highest BCUT2D eigenvalue weighted by atomic mass is 19.3. The number of hydrogen-bond donors (Lipinski definition) is 3. The normalized spacial score (nSPS) is 17.2. The first-order valence-electron chi connectivity index (χ1n) is 10.1. The largest absolute Gasteiger partial charge is 0.435 e. The van der Waals surface area contributed by atoms with Gasteiger partial charge in [-0.1, -0.05) is 25.0 Å². The van der Waals surface area contributed by atoms with Crippen LogP contribution in [-0.2, 0) is 0 Å². The fraction of sp³-hybridized carbons (Fsp3) is 0.650. The molecule has 1 heterocycles. The summed E-state index contributed by atoms with van der Waals surface area (Å²) in [5.74, 6) is 0.729. The van der Waals surface area contributed by atoms with Gasteiger partial charge in [-0.15, -0.1) is 0 Å². The topological polar surface area (TPSA) is 69.1 Å². The van der Waals surface area contributed by atoms with Crippen molar-refractivity contribution in [1.82, 2.24) is 15.5 Å². The third kappa shape index (κ3) is 8.39. The second kappa shape index (κ2) is 12.5. The Hall–Kier alpha value is -1.93. The number of likely N-dealkylation sites (tertiary alicyclic amines) is 1. The molecule has 0 saturated carbocycles. The summed E-state index contributed by atoms with van der Waals surface area (Å²) < 4.78 is 28.7. The van der Waals surface area contributed by atoms with Crippen LogP contribution in [0.5, 0.6) is 5.75 Å². The maximum atomic E-state index is 12.2. The van der Waals surface area contributed by atoms with Gasteiger partial charge in [0.1, 0.15) is 5.75 Å². The van der Waals surface area contributed by atoms with Gasteiger partial charge in [0.05, 0.1) is 12.6 Å². The summed E-state index contributed by atoms with van der Waals surface area (Å²) in [5.41, 5.74) is 0.603. The van der Waals surface area contributed by atoms with Gasteiger partial charge in [-0.05, 0) is 50.6 Å². The van der Waals surface area contributed by atoms with Gasteiger partial charge >= 0.3 is 6.61 Å². The van der Waals surface area contributed by atoms with Gasteiger partial charge in [-0.2, -0.15) is 8.78 Å². The van der Waals surface area contributed by atoms with Crippen LogP contribution in [-0.4, -0.2) is 61.8 Å². The fourth-order valence-corrected chi connectivity index (χ4v) is 3.19. The zero-order chi connectivity index (χ0) is 20.2. The van der Waals surface area contributed by atoms with E-state index in [1.165, 1.54) is 37.8 Å². The van der Waals surface area contributed by atoms with Crippen molar-refractivity contribution in [2.45, 2.75) is 45.3 Å². The number of guanidine groups is 1. The molecule has 0 aliphatic carbocycles. The number of aliphatic hydroxyl groups excluding tert-OH is 1. The molecular weight excluding hydrogens is 366 g/mol. The molecule has 2 rings (SSSR count). The predicted octanol–water partition coefficient (Wildman–Crippen LogP) is 2.75. The Labute approximate surface area is 166 Å². The number of ether oxygens (including phenoxy) is 1. The molecule has 1 atom stereocenters. The molecule has 1 aromatic carbocycles. The van der Waals surface area contributed by atoms with E-state index in [0.717, 1.165) is 32.7 Å². The molecule has 0 spiro atoms. The van der Waals surface area contributed by atoms with Crippen molar-refractivity contribution in [2.75, 3.05) is 39.3 Å². The van der Waals surface area contributed by atoms with Crippen molar-refractivity contribution in [1.29, 1.82) is 0 Å². The molecule has 3 N–H and O–H groups in total. The lowest BCUT2D eigenvalue weighted by atomic mass is 10.1. The van der Waals surface area contributed by atoms with Gasteiger partial charge in [0.2, 0.25) is 0 Å². The van der Waals surface area contributed by atoms with Gasteiger partial charge < -0.3 is 25.4 Å². The number of nitrogens with zero attached hydrogens (tertiary/aromatic N) is 2. The molecule has 1 aliphatic rings. The third-order valence-corrected chi connectivity index (χ3v) is 4.68. The van der Waals surface area contributed by atoms with Gasteiger partial charge in [-0.3, -0.25) is 4.99 Å². The smallest absolute Gasteiger partial charge is 0.387 e. The van der Waals surface area contributed by atoms with Crippen molar-refractivity contribution < 1.29 is 18.6 Å². The summed E-state index contributed by atoms with van der Waals surface area (Å²) in [6, 6.07) is 5.97. The van der Waals surface area contributed by atoms with Crippen molar-refractivity contribution in [3.8, 4) is 5.75 Å². The molecule has 28 heavy (non-hydrogen) atoms. The minimum Gasteiger partial charge on any atom is -0.435 e. The highest BCUT2D eigenvalue weighted by Crippen LogP contribution is 2.19. The highest BCUT2D eigenvalue weighted by Gasteiger charge is 2.11. The fourth-order valence-electron chi connectivity index (χ4n) is 3.19. The summed E-state index contributed by atoms with van der Waals surface area (Å²) in [7, 11) is 0. The van der Waals surface area contributed by atoms with E-state index in [1.54, 1.807) is 12.1 Å². The van der Waals surface area contributed by atoms with Crippen LogP contribution in [0.15, 0.2) is 29.3 Å². The molecule has 1 unspecified atom stereocenters. The molecule has 1 aromatic rings. The minimum atomic E-state index is -2.86. The maximum absolute atomic E-state index is 12.2. The molecule has 0 radical (unpaired) electrons. The van der Waals surface area contributed by atoms with Crippen molar-refractivity contribution in [3.63, 3.8) is 0 Å². The van der Waals surface area contributed by atoms with Crippen LogP contribution in [0.1, 0.15) is 44.3 Å². The number of nitrogens with one attached hydrogen (secondary N) is 2. The van der Waals surface area contributed by atoms with E-state index in [1.807, 2.05) is 6.92 Å². The van der Waals surface area contributed by atoms with Crippen LogP contribution in [0.25, 0.3) is 0 Å². The van der Waals surface area contributed by atoms with E-state index in [-0.39, 0.29) is 12.3 Å². The second-order valence-electron chi connectivity index (χ2n) is 6.87. The lowest BCUT2D eigenvalue weighted by molar-refractivity contribution is -0.0498. The Morgan fingerprint density at radius 2 is 1.82 bits per heavy atom. The molecule has 1 aliphatic heterocycles. The maximum Gasteiger partial charge on any atom is 0.387 e. The number of rotatable bonds is 9. The van der Waals surface area contributed by atoms with Crippen molar-refractivity contribution in [2.24, 2.45) is 4.99 Å². The van der Waals surface area contributed by atoms with Crippen molar-refractivity contribution in [3.05, 3.63) is 29.8 Å². The first kappa shape index (κ1) is 22.4. The van der Waals surface area contributed by atoms with E-state index in [2.05, 4.69) is 25.3 Å². The van der Waals surface area contributed by atoms with Gasteiger partial charge in [0.25, 0.3) is 0 Å². The first-order chi connectivity index (χ1) is 13.6. The molecular formula is C20H32F2N4O2. The van der Waals surface area contributed by atoms with Crippen LogP contribution in [0.3, 0.4) is 0 Å². The number of benzene rings is 1. The van der Waals surface area contributed by atoms with E-state index in [9.17, 15) is 13.9 Å². The first-order valence-corrected chi connectivity index (χ1v) is 10.1. The molecule has 1 saturated heterocycles. The Kier molecular flexibility index (Phi) is 9.99. The molecule has 158 valence electrons. The summed E-state index contributed by atoms with van der Waals surface area (Å²) in [6.07, 6.45) is 4.35. The third-order valence-electron chi connectivity index (χ3n) is 4.68. The average Bonchev–Trinajstić information content (AvgIpc) is 2.95. The molecule has 0 bridgehead atoms. The predicted molar refractivity (Wildman–Crippen MR) is 107 cm³/mol. The summed E-state index contributed by atoms with van der Waals surface area (Å²) in [4.78, 5) is 6.91. The van der Waals surface area contributed by atoms with E-state index >= 15 is 0 Å². The summed E-state index contributed by atoms with van der Waals surface area (Å²) in [5, 5.41) is 16.8. The lowest BCUT2D eigenvalue weighted by Gasteiger charge is -2.21. The number of alkyl halides is 2. The quantitative estimate of drug-likeness (QED) is 0.441. The standard InChI is InChI=1S/C20H32F2N4O2/c1-2-23-20(24-11-14-26-12-5-3-4-6-13-26)25-15-18(27)16-7-9-17(10-8-16)28-19(21)22/h7-10,18-19,27H,2-6,11-15H2,1H3,(H2,23,24,25). The Balaban J connectivity index is 1.81. The SMILES string of the molecule is CCNC(=NCC(O)c1ccc(OC(F)F)cc1)NCCN1CCCCCC1. The van der Waals surface area contributed by atoms with E-state index in [0.29, 0.717) is 11.5 Å². The zero-order valence-corrected chi connectivity index (χ0v) is 16.5. The Bertz CT molecular complexity index is 576. The number of aliphatic hydroxyl groups is 1. The van der Waals surface area contributed by atoms with Gasteiger partial charge in [0, 0.05) is 19.6 Å². The minimum absolute atomic E-state index is 0.0676. The number of aliphatic imine (C=N–C) groups is 1. The Morgan fingerprint density at radius 1 is 1.14 bits per heavy atom. The van der Waals surface area contributed by atoms with Crippen LogP contribution in [0, 0.1) is 0 Å². The Morgan fingerprint density at radius 3 is 2.43 bits per heavy atom. The molecule has 6 nitrogen and oxygen atoms in total.